The molecule has 2 amide bonds. The summed E-state index contributed by atoms with van der Waals surface area (Å²) in [5.74, 6) is 0.181. The van der Waals surface area contributed by atoms with Gasteiger partial charge in [-0.25, -0.2) is 0 Å². The Balaban J connectivity index is 1.71. The van der Waals surface area contributed by atoms with Gasteiger partial charge in [-0.05, 0) is 24.8 Å². The number of hydrogen-bond acceptors (Lipinski definition) is 3. The Kier molecular flexibility index (Phi) is 7.07. The molecule has 0 radical (unpaired) electrons. The fraction of sp³-hybridized carbons (Fsp3) is 0.556. The molecule has 0 aliphatic carbocycles. The molecular formula is C18H26N2O3. The van der Waals surface area contributed by atoms with Crippen molar-refractivity contribution in [2.75, 3.05) is 32.8 Å². The Morgan fingerprint density at radius 2 is 1.87 bits per heavy atom. The molecule has 0 atom stereocenters. The van der Waals surface area contributed by atoms with E-state index in [9.17, 15) is 9.59 Å². The summed E-state index contributed by atoms with van der Waals surface area (Å²) < 4.78 is 5.27. The lowest BCUT2D eigenvalue weighted by molar-refractivity contribution is -0.131. The van der Waals surface area contributed by atoms with E-state index in [2.05, 4.69) is 17.4 Å². The number of rotatable bonds is 7. The number of amides is 2. The number of hydrogen-bond donors (Lipinski definition) is 1. The highest BCUT2D eigenvalue weighted by molar-refractivity contribution is 5.78. The standard InChI is InChI=1S/C18H26N2O3/c1-15(21)20(11-7-16-5-3-2-4-6-16)12-10-19-18(22)17-8-13-23-14-9-17/h2-6,17H,7-14H2,1H3,(H,19,22). The summed E-state index contributed by atoms with van der Waals surface area (Å²) in [5.41, 5.74) is 1.21. The quantitative estimate of drug-likeness (QED) is 0.831. The van der Waals surface area contributed by atoms with Crippen molar-refractivity contribution in [2.24, 2.45) is 5.92 Å². The maximum atomic E-state index is 12.1. The molecule has 1 aromatic rings. The van der Waals surface area contributed by atoms with Crippen LogP contribution in [0.25, 0.3) is 0 Å². The molecular weight excluding hydrogens is 292 g/mol. The molecule has 1 fully saturated rings. The molecule has 1 aromatic carbocycles. The van der Waals surface area contributed by atoms with Gasteiger partial charge in [0.25, 0.3) is 0 Å². The average molecular weight is 318 g/mol. The van der Waals surface area contributed by atoms with Gasteiger partial charge in [-0.3, -0.25) is 9.59 Å². The van der Waals surface area contributed by atoms with E-state index in [4.69, 9.17) is 4.74 Å². The summed E-state index contributed by atoms with van der Waals surface area (Å²) in [7, 11) is 0. The summed E-state index contributed by atoms with van der Waals surface area (Å²) >= 11 is 0. The zero-order chi connectivity index (χ0) is 16.5. The Labute approximate surface area is 138 Å². The van der Waals surface area contributed by atoms with E-state index >= 15 is 0 Å². The van der Waals surface area contributed by atoms with Gasteiger partial charge in [0.2, 0.25) is 11.8 Å². The van der Waals surface area contributed by atoms with Gasteiger partial charge in [0, 0.05) is 45.7 Å². The lowest BCUT2D eigenvalue weighted by Gasteiger charge is -2.24. The Bertz CT molecular complexity index is 498. The molecule has 23 heavy (non-hydrogen) atoms. The second-order valence-electron chi connectivity index (χ2n) is 5.92. The van der Waals surface area contributed by atoms with Crippen molar-refractivity contribution in [3.8, 4) is 0 Å². The van der Waals surface area contributed by atoms with Crippen LogP contribution in [-0.2, 0) is 20.7 Å². The molecule has 0 bridgehead atoms. The molecule has 0 spiro atoms. The number of carbonyl (C=O) groups excluding carboxylic acids is 2. The van der Waals surface area contributed by atoms with Crippen LogP contribution < -0.4 is 5.32 Å². The van der Waals surface area contributed by atoms with Crippen LogP contribution >= 0.6 is 0 Å². The highest BCUT2D eigenvalue weighted by atomic mass is 16.5. The SMILES string of the molecule is CC(=O)N(CCNC(=O)C1CCOCC1)CCc1ccccc1. The van der Waals surface area contributed by atoms with E-state index in [1.807, 2.05) is 18.2 Å². The molecule has 2 rings (SSSR count). The largest absolute Gasteiger partial charge is 0.381 e. The van der Waals surface area contributed by atoms with Crippen LogP contribution in [0.5, 0.6) is 0 Å². The van der Waals surface area contributed by atoms with Gasteiger partial charge in [0.1, 0.15) is 0 Å². The molecule has 1 aliphatic heterocycles. The number of ether oxygens (including phenoxy) is 1. The van der Waals surface area contributed by atoms with Crippen molar-refractivity contribution in [1.29, 1.82) is 0 Å². The maximum absolute atomic E-state index is 12.1. The van der Waals surface area contributed by atoms with Gasteiger partial charge in [-0.15, -0.1) is 0 Å². The molecule has 5 heteroatoms. The lowest BCUT2D eigenvalue weighted by Crippen LogP contribution is -2.41. The highest BCUT2D eigenvalue weighted by Gasteiger charge is 2.21. The second kappa shape index (κ2) is 9.30. The third-order valence-corrected chi connectivity index (χ3v) is 4.23. The van der Waals surface area contributed by atoms with Crippen LogP contribution in [-0.4, -0.2) is 49.6 Å². The third-order valence-electron chi connectivity index (χ3n) is 4.23. The molecule has 1 N–H and O–H groups in total. The first-order valence-electron chi connectivity index (χ1n) is 8.31. The van der Waals surface area contributed by atoms with Crippen LogP contribution in [0.2, 0.25) is 0 Å². The van der Waals surface area contributed by atoms with Crippen LogP contribution in [0.4, 0.5) is 0 Å². The normalized spacial score (nSPS) is 15.2. The average Bonchev–Trinajstić information content (AvgIpc) is 2.59. The van der Waals surface area contributed by atoms with Crippen molar-refractivity contribution in [3.05, 3.63) is 35.9 Å². The molecule has 0 aromatic heterocycles. The predicted octanol–water partition coefficient (Wildman–Crippen LogP) is 1.62. The minimum Gasteiger partial charge on any atom is -0.381 e. The van der Waals surface area contributed by atoms with Gasteiger partial charge in [0.15, 0.2) is 0 Å². The minimum atomic E-state index is 0.0428. The smallest absolute Gasteiger partial charge is 0.223 e. The lowest BCUT2D eigenvalue weighted by atomic mass is 9.99. The van der Waals surface area contributed by atoms with E-state index in [1.54, 1.807) is 11.8 Å². The number of benzene rings is 1. The van der Waals surface area contributed by atoms with Crippen molar-refractivity contribution < 1.29 is 14.3 Å². The zero-order valence-electron chi connectivity index (χ0n) is 13.8. The Morgan fingerprint density at radius 1 is 1.17 bits per heavy atom. The van der Waals surface area contributed by atoms with Crippen molar-refractivity contribution in [1.82, 2.24) is 10.2 Å². The van der Waals surface area contributed by atoms with Crippen molar-refractivity contribution in [2.45, 2.75) is 26.2 Å². The summed E-state index contributed by atoms with van der Waals surface area (Å²) in [4.78, 5) is 25.6. The van der Waals surface area contributed by atoms with E-state index in [0.717, 1.165) is 19.3 Å². The summed E-state index contributed by atoms with van der Waals surface area (Å²) in [6.07, 6.45) is 2.40. The third kappa shape index (κ3) is 6.02. The molecule has 0 unspecified atom stereocenters. The van der Waals surface area contributed by atoms with Gasteiger partial charge in [0.05, 0.1) is 0 Å². The Morgan fingerprint density at radius 3 is 2.52 bits per heavy atom. The molecule has 0 saturated carbocycles. The Hall–Kier alpha value is -1.88. The molecule has 126 valence electrons. The number of carbonyl (C=O) groups is 2. The molecule has 1 saturated heterocycles. The second-order valence-corrected chi connectivity index (χ2v) is 5.92. The van der Waals surface area contributed by atoms with Gasteiger partial charge >= 0.3 is 0 Å². The molecule has 5 nitrogen and oxygen atoms in total. The summed E-state index contributed by atoms with van der Waals surface area (Å²) in [6, 6.07) is 10.1. The van der Waals surface area contributed by atoms with Crippen molar-refractivity contribution >= 4 is 11.8 Å². The van der Waals surface area contributed by atoms with Crippen LogP contribution in [0.1, 0.15) is 25.3 Å². The zero-order valence-corrected chi connectivity index (χ0v) is 13.8. The minimum absolute atomic E-state index is 0.0428. The predicted molar refractivity (Wildman–Crippen MR) is 89.0 cm³/mol. The highest BCUT2D eigenvalue weighted by Crippen LogP contribution is 2.14. The van der Waals surface area contributed by atoms with Crippen LogP contribution in [0.3, 0.4) is 0 Å². The fourth-order valence-electron chi connectivity index (χ4n) is 2.75. The van der Waals surface area contributed by atoms with E-state index in [0.29, 0.717) is 32.8 Å². The van der Waals surface area contributed by atoms with Crippen LogP contribution in [0.15, 0.2) is 30.3 Å². The van der Waals surface area contributed by atoms with Gasteiger partial charge in [-0.2, -0.15) is 0 Å². The molecule has 1 heterocycles. The van der Waals surface area contributed by atoms with E-state index < -0.39 is 0 Å². The van der Waals surface area contributed by atoms with E-state index in [-0.39, 0.29) is 17.7 Å². The van der Waals surface area contributed by atoms with Crippen LogP contribution in [0, 0.1) is 5.92 Å². The van der Waals surface area contributed by atoms with Gasteiger partial charge < -0.3 is 15.0 Å². The number of nitrogens with one attached hydrogen (secondary N) is 1. The fourth-order valence-corrected chi connectivity index (χ4v) is 2.75. The van der Waals surface area contributed by atoms with Crippen molar-refractivity contribution in [3.63, 3.8) is 0 Å². The topological polar surface area (TPSA) is 58.6 Å². The summed E-state index contributed by atoms with van der Waals surface area (Å²) in [5, 5.41) is 2.95. The molecule has 1 aliphatic rings. The van der Waals surface area contributed by atoms with E-state index in [1.165, 1.54) is 5.56 Å². The number of nitrogens with zero attached hydrogens (tertiary/aromatic N) is 1. The first-order valence-corrected chi connectivity index (χ1v) is 8.31. The summed E-state index contributed by atoms with van der Waals surface area (Å²) in [6.45, 7) is 4.63. The van der Waals surface area contributed by atoms with Gasteiger partial charge in [-0.1, -0.05) is 30.3 Å². The first kappa shape index (κ1) is 17.5. The first-order chi connectivity index (χ1) is 11.2. The monoisotopic (exact) mass is 318 g/mol. The maximum Gasteiger partial charge on any atom is 0.223 e.